The lowest BCUT2D eigenvalue weighted by atomic mass is 10.1. The van der Waals surface area contributed by atoms with Crippen molar-refractivity contribution in [3.63, 3.8) is 0 Å². The number of anilines is 1. The first-order valence-electron chi connectivity index (χ1n) is 8.42. The van der Waals surface area contributed by atoms with E-state index in [-0.39, 0.29) is 11.0 Å². The third-order valence-corrected chi connectivity index (χ3v) is 3.94. The smallest absolute Gasteiger partial charge is 0.257 e. The van der Waals surface area contributed by atoms with Crippen LogP contribution in [0.5, 0.6) is 5.75 Å². The molecule has 0 atom stereocenters. The van der Waals surface area contributed by atoms with Gasteiger partial charge in [0.2, 0.25) is 0 Å². The van der Waals surface area contributed by atoms with E-state index in [9.17, 15) is 4.79 Å². The van der Waals surface area contributed by atoms with Crippen molar-refractivity contribution >= 4 is 28.9 Å². The zero-order chi connectivity index (χ0) is 18.2. The quantitative estimate of drug-likeness (QED) is 0.586. The molecular weight excluding hydrogens is 332 g/mol. The topological polar surface area (TPSA) is 50.4 Å². The number of hydrogen-bond acceptors (Lipinski definition) is 3. The van der Waals surface area contributed by atoms with Crippen molar-refractivity contribution in [1.29, 1.82) is 0 Å². The number of unbranched alkanes of at least 4 members (excludes halogenated alkanes) is 1. The van der Waals surface area contributed by atoms with E-state index in [2.05, 4.69) is 17.6 Å². The zero-order valence-electron chi connectivity index (χ0n) is 14.9. The standard InChI is InChI=1S/C20H24N2O2S/c1-4-5-11-24-17-8-6-7-16(13-17)19(23)22-20(25)21-18-12-14(2)9-10-15(18)3/h6-10,12-13H,4-5,11H2,1-3H3,(H2,21,22,23,25). The fourth-order valence-electron chi connectivity index (χ4n) is 2.26. The summed E-state index contributed by atoms with van der Waals surface area (Å²) in [5.74, 6) is 0.429. The van der Waals surface area contributed by atoms with Crippen molar-refractivity contribution in [1.82, 2.24) is 5.32 Å². The van der Waals surface area contributed by atoms with Crippen molar-refractivity contribution in [2.45, 2.75) is 33.6 Å². The van der Waals surface area contributed by atoms with Gasteiger partial charge in [-0.05, 0) is 67.9 Å². The van der Waals surface area contributed by atoms with Gasteiger partial charge in [-0.25, -0.2) is 0 Å². The molecule has 5 heteroatoms. The number of thiocarbonyl (C=S) groups is 1. The summed E-state index contributed by atoms with van der Waals surface area (Å²) in [5.41, 5.74) is 3.59. The molecular formula is C20H24N2O2S. The molecule has 2 rings (SSSR count). The van der Waals surface area contributed by atoms with Crippen LogP contribution in [0.3, 0.4) is 0 Å². The number of ether oxygens (including phenoxy) is 1. The summed E-state index contributed by atoms with van der Waals surface area (Å²) >= 11 is 5.26. The van der Waals surface area contributed by atoms with Crippen LogP contribution in [0.15, 0.2) is 42.5 Å². The Labute approximate surface area is 154 Å². The highest BCUT2D eigenvalue weighted by atomic mass is 32.1. The van der Waals surface area contributed by atoms with Crippen molar-refractivity contribution < 1.29 is 9.53 Å². The molecule has 0 radical (unpaired) electrons. The van der Waals surface area contributed by atoms with Crippen molar-refractivity contribution in [2.75, 3.05) is 11.9 Å². The van der Waals surface area contributed by atoms with E-state index in [1.54, 1.807) is 18.2 Å². The van der Waals surface area contributed by atoms with Gasteiger partial charge in [-0.3, -0.25) is 10.1 Å². The van der Waals surface area contributed by atoms with Gasteiger partial charge in [0.05, 0.1) is 6.61 Å². The summed E-state index contributed by atoms with van der Waals surface area (Å²) in [7, 11) is 0. The van der Waals surface area contributed by atoms with Crippen molar-refractivity contribution in [3.8, 4) is 5.75 Å². The van der Waals surface area contributed by atoms with Gasteiger partial charge in [0.15, 0.2) is 5.11 Å². The molecule has 0 spiro atoms. The Kier molecular flexibility index (Phi) is 6.95. The summed E-state index contributed by atoms with van der Waals surface area (Å²) in [5, 5.41) is 6.06. The minimum atomic E-state index is -0.260. The molecule has 0 aliphatic heterocycles. The Morgan fingerprint density at radius 1 is 1.16 bits per heavy atom. The average Bonchev–Trinajstić information content (AvgIpc) is 2.58. The number of carbonyl (C=O) groups excluding carboxylic acids is 1. The molecule has 25 heavy (non-hydrogen) atoms. The first-order valence-corrected chi connectivity index (χ1v) is 8.83. The predicted molar refractivity (Wildman–Crippen MR) is 106 cm³/mol. The zero-order valence-corrected chi connectivity index (χ0v) is 15.7. The minimum absolute atomic E-state index is 0.260. The number of hydrogen-bond donors (Lipinski definition) is 2. The number of nitrogens with one attached hydrogen (secondary N) is 2. The Bertz CT molecular complexity index is 759. The Morgan fingerprint density at radius 2 is 1.96 bits per heavy atom. The van der Waals surface area contributed by atoms with Crippen LogP contribution in [0, 0.1) is 13.8 Å². The molecule has 1 amide bonds. The monoisotopic (exact) mass is 356 g/mol. The van der Waals surface area contributed by atoms with Crippen LogP contribution in [0.4, 0.5) is 5.69 Å². The van der Waals surface area contributed by atoms with E-state index in [4.69, 9.17) is 17.0 Å². The number of benzene rings is 2. The maximum absolute atomic E-state index is 12.4. The number of carbonyl (C=O) groups is 1. The summed E-state index contributed by atoms with van der Waals surface area (Å²) in [4.78, 5) is 12.4. The molecule has 2 aromatic rings. The van der Waals surface area contributed by atoms with Gasteiger partial charge in [0.25, 0.3) is 5.91 Å². The van der Waals surface area contributed by atoms with E-state index in [1.807, 2.05) is 38.1 Å². The SMILES string of the molecule is CCCCOc1cccc(C(=O)NC(=S)Nc2cc(C)ccc2C)c1. The van der Waals surface area contributed by atoms with Crippen LogP contribution in [-0.2, 0) is 0 Å². The minimum Gasteiger partial charge on any atom is -0.494 e. The normalized spacial score (nSPS) is 10.2. The molecule has 2 aromatic carbocycles. The molecule has 132 valence electrons. The van der Waals surface area contributed by atoms with Gasteiger partial charge in [-0.2, -0.15) is 0 Å². The molecule has 0 saturated carbocycles. The maximum Gasteiger partial charge on any atom is 0.257 e. The Balaban J connectivity index is 1.98. The van der Waals surface area contributed by atoms with Gasteiger partial charge in [-0.15, -0.1) is 0 Å². The first-order chi connectivity index (χ1) is 12.0. The lowest BCUT2D eigenvalue weighted by molar-refractivity contribution is 0.0977. The van der Waals surface area contributed by atoms with Gasteiger partial charge in [0.1, 0.15) is 5.75 Å². The fraction of sp³-hybridized carbons (Fsp3) is 0.300. The highest BCUT2D eigenvalue weighted by molar-refractivity contribution is 7.80. The Morgan fingerprint density at radius 3 is 2.72 bits per heavy atom. The van der Waals surface area contributed by atoms with Crippen LogP contribution in [0.25, 0.3) is 0 Å². The third-order valence-electron chi connectivity index (χ3n) is 3.73. The second kappa shape index (κ2) is 9.18. The van der Waals surface area contributed by atoms with Gasteiger partial charge >= 0.3 is 0 Å². The van der Waals surface area contributed by atoms with Crippen molar-refractivity contribution in [2.24, 2.45) is 0 Å². The van der Waals surface area contributed by atoms with E-state index in [1.165, 1.54) is 0 Å². The van der Waals surface area contributed by atoms with Crippen LogP contribution in [0.1, 0.15) is 41.3 Å². The average molecular weight is 356 g/mol. The predicted octanol–water partition coefficient (Wildman–Crippen LogP) is 4.61. The summed E-state index contributed by atoms with van der Waals surface area (Å²) in [6, 6.07) is 13.2. The molecule has 0 heterocycles. The van der Waals surface area contributed by atoms with Gasteiger partial charge < -0.3 is 10.1 Å². The molecule has 2 N–H and O–H groups in total. The second-order valence-corrected chi connectivity index (χ2v) is 6.36. The summed E-state index contributed by atoms with van der Waals surface area (Å²) in [6.07, 6.45) is 2.05. The van der Waals surface area contributed by atoms with Gasteiger partial charge in [-0.1, -0.05) is 31.5 Å². The molecule has 0 bridgehead atoms. The molecule has 0 aromatic heterocycles. The third kappa shape index (κ3) is 5.87. The lowest BCUT2D eigenvalue weighted by Gasteiger charge is -2.13. The van der Waals surface area contributed by atoms with E-state index < -0.39 is 0 Å². The van der Waals surface area contributed by atoms with Crippen molar-refractivity contribution in [3.05, 3.63) is 59.2 Å². The van der Waals surface area contributed by atoms with E-state index in [0.29, 0.717) is 17.9 Å². The maximum atomic E-state index is 12.4. The molecule has 0 fully saturated rings. The van der Waals surface area contributed by atoms with E-state index >= 15 is 0 Å². The summed E-state index contributed by atoms with van der Waals surface area (Å²) in [6.45, 7) is 6.75. The molecule has 0 unspecified atom stereocenters. The summed E-state index contributed by atoms with van der Waals surface area (Å²) < 4.78 is 5.64. The molecule has 4 nitrogen and oxygen atoms in total. The number of rotatable bonds is 6. The Hall–Kier alpha value is -2.40. The number of aryl methyl sites for hydroxylation is 2. The first kappa shape index (κ1) is 18.9. The largest absolute Gasteiger partial charge is 0.494 e. The molecule has 0 aliphatic carbocycles. The van der Waals surface area contributed by atoms with Crippen LogP contribution >= 0.6 is 12.2 Å². The highest BCUT2D eigenvalue weighted by Crippen LogP contribution is 2.17. The highest BCUT2D eigenvalue weighted by Gasteiger charge is 2.10. The fourth-order valence-corrected chi connectivity index (χ4v) is 2.46. The molecule has 0 saturated heterocycles. The van der Waals surface area contributed by atoms with Gasteiger partial charge in [0, 0.05) is 11.3 Å². The van der Waals surface area contributed by atoms with Crippen LogP contribution in [-0.4, -0.2) is 17.6 Å². The van der Waals surface area contributed by atoms with E-state index in [0.717, 1.165) is 29.7 Å². The lowest BCUT2D eigenvalue weighted by Crippen LogP contribution is -2.34. The second-order valence-electron chi connectivity index (χ2n) is 5.96. The van der Waals surface area contributed by atoms with Crippen LogP contribution < -0.4 is 15.4 Å². The van der Waals surface area contributed by atoms with Crippen LogP contribution in [0.2, 0.25) is 0 Å². The molecule has 0 aliphatic rings. The number of amides is 1.